The van der Waals surface area contributed by atoms with Gasteiger partial charge < -0.3 is 9.80 Å². The molecule has 0 aliphatic carbocycles. The molecule has 3 heterocycles. The molecular weight excluding hydrogens is 326 g/mol. The maximum Gasteiger partial charge on any atom is 0.272 e. The largest absolute Gasteiger partial charge is 0.370 e. The molecule has 24 heavy (non-hydrogen) atoms. The van der Waals surface area contributed by atoms with Crippen molar-refractivity contribution in [3.05, 3.63) is 24.0 Å². The summed E-state index contributed by atoms with van der Waals surface area (Å²) in [5.41, 5.74) is 1.30. The molecule has 1 atom stereocenters. The molecule has 0 bridgehead atoms. The number of sulfone groups is 1. The molecule has 2 fully saturated rings. The van der Waals surface area contributed by atoms with Crippen molar-refractivity contribution >= 4 is 21.4 Å². The Kier molecular flexibility index (Phi) is 5.08. The van der Waals surface area contributed by atoms with Crippen molar-refractivity contribution in [2.24, 2.45) is 0 Å². The number of hydrogen-bond donors (Lipinski definition) is 0. The van der Waals surface area contributed by atoms with E-state index in [2.05, 4.69) is 4.98 Å². The van der Waals surface area contributed by atoms with E-state index in [0.717, 1.165) is 31.6 Å². The summed E-state index contributed by atoms with van der Waals surface area (Å²) < 4.78 is 23.4. The first-order valence-corrected chi connectivity index (χ1v) is 10.5. The SMILES string of the molecule is CN(c1ccnc(C(=O)N2CCCCCC2)c1)C1CCS(=O)(=O)C1. The van der Waals surface area contributed by atoms with E-state index in [1.54, 1.807) is 12.3 Å². The lowest BCUT2D eigenvalue weighted by Gasteiger charge is -2.26. The van der Waals surface area contributed by atoms with Crippen molar-refractivity contribution in [3.63, 3.8) is 0 Å². The summed E-state index contributed by atoms with van der Waals surface area (Å²) in [5.74, 6) is 0.402. The molecule has 1 unspecified atom stereocenters. The molecule has 6 nitrogen and oxygen atoms in total. The predicted octanol–water partition coefficient (Wildman–Crippen LogP) is 1.72. The Bertz CT molecular complexity index is 697. The van der Waals surface area contributed by atoms with Crippen LogP contribution in [0, 0.1) is 0 Å². The van der Waals surface area contributed by atoms with Gasteiger partial charge in [-0.15, -0.1) is 0 Å². The Hall–Kier alpha value is -1.63. The number of pyridine rings is 1. The number of amides is 1. The van der Waals surface area contributed by atoms with Gasteiger partial charge in [0.25, 0.3) is 5.91 Å². The lowest BCUT2D eigenvalue weighted by atomic mass is 10.2. The zero-order valence-corrected chi connectivity index (χ0v) is 15.0. The molecule has 3 rings (SSSR count). The molecule has 1 aromatic rings. The van der Waals surface area contributed by atoms with Crippen molar-refractivity contribution in [1.29, 1.82) is 0 Å². The number of hydrogen-bond acceptors (Lipinski definition) is 5. The van der Waals surface area contributed by atoms with Gasteiger partial charge in [0.1, 0.15) is 5.69 Å². The van der Waals surface area contributed by atoms with Crippen LogP contribution in [0.25, 0.3) is 0 Å². The third-order valence-corrected chi connectivity index (χ3v) is 6.77. The second kappa shape index (κ2) is 7.09. The van der Waals surface area contributed by atoms with Crippen molar-refractivity contribution < 1.29 is 13.2 Å². The summed E-state index contributed by atoms with van der Waals surface area (Å²) in [7, 11) is -1.04. The molecule has 132 valence electrons. The van der Waals surface area contributed by atoms with E-state index < -0.39 is 9.84 Å². The van der Waals surface area contributed by atoms with Gasteiger partial charge in [-0.2, -0.15) is 0 Å². The minimum atomic E-state index is -2.93. The van der Waals surface area contributed by atoms with Crippen molar-refractivity contribution in [1.82, 2.24) is 9.88 Å². The van der Waals surface area contributed by atoms with Crippen LogP contribution in [0.4, 0.5) is 5.69 Å². The molecule has 1 amide bonds. The minimum Gasteiger partial charge on any atom is -0.370 e. The topological polar surface area (TPSA) is 70.6 Å². The quantitative estimate of drug-likeness (QED) is 0.829. The number of rotatable bonds is 3. The third-order valence-electron chi connectivity index (χ3n) is 5.02. The number of carbonyl (C=O) groups excluding carboxylic acids is 1. The van der Waals surface area contributed by atoms with E-state index in [0.29, 0.717) is 12.1 Å². The van der Waals surface area contributed by atoms with E-state index in [1.165, 1.54) is 12.8 Å². The van der Waals surface area contributed by atoms with Crippen LogP contribution in [-0.4, -0.2) is 61.9 Å². The summed E-state index contributed by atoms with van der Waals surface area (Å²) in [6.07, 6.45) is 6.72. The molecule has 0 N–H and O–H groups in total. The highest BCUT2D eigenvalue weighted by Gasteiger charge is 2.31. The van der Waals surface area contributed by atoms with Crippen LogP contribution < -0.4 is 4.90 Å². The summed E-state index contributed by atoms with van der Waals surface area (Å²) in [6.45, 7) is 1.59. The first-order chi connectivity index (χ1) is 11.5. The Morgan fingerprint density at radius 2 is 1.96 bits per heavy atom. The van der Waals surface area contributed by atoms with E-state index in [1.807, 2.05) is 22.9 Å². The van der Waals surface area contributed by atoms with Gasteiger partial charge in [0, 0.05) is 38.1 Å². The molecule has 7 heteroatoms. The molecule has 2 aliphatic rings. The standard InChI is InChI=1S/C17H25N3O3S/c1-19(15-7-11-24(22,23)13-15)14-6-8-18-16(12-14)17(21)20-9-4-2-3-5-10-20/h6,8,12,15H,2-5,7,9-11,13H2,1H3. The molecule has 0 saturated carbocycles. The van der Waals surface area contributed by atoms with Gasteiger partial charge in [-0.25, -0.2) is 8.42 Å². The first kappa shape index (κ1) is 17.2. The van der Waals surface area contributed by atoms with Crippen molar-refractivity contribution in [2.45, 2.75) is 38.1 Å². The highest BCUT2D eigenvalue weighted by molar-refractivity contribution is 7.91. The average Bonchev–Trinajstić information content (AvgIpc) is 2.79. The molecule has 0 spiro atoms. The predicted molar refractivity (Wildman–Crippen MR) is 94.1 cm³/mol. The van der Waals surface area contributed by atoms with Crippen LogP contribution in [0.5, 0.6) is 0 Å². The zero-order chi connectivity index (χ0) is 17.2. The summed E-state index contributed by atoms with van der Waals surface area (Å²) in [4.78, 5) is 20.8. The fourth-order valence-corrected chi connectivity index (χ4v) is 5.26. The molecule has 1 aromatic heterocycles. The van der Waals surface area contributed by atoms with Crippen molar-refractivity contribution in [2.75, 3.05) is 36.5 Å². The zero-order valence-electron chi connectivity index (χ0n) is 14.1. The number of likely N-dealkylation sites (tertiary alicyclic amines) is 1. The van der Waals surface area contributed by atoms with Crippen LogP contribution in [0.2, 0.25) is 0 Å². The average molecular weight is 351 g/mol. The Morgan fingerprint density at radius 3 is 2.58 bits per heavy atom. The van der Waals surface area contributed by atoms with E-state index in [-0.39, 0.29) is 23.5 Å². The maximum atomic E-state index is 12.7. The van der Waals surface area contributed by atoms with E-state index in [4.69, 9.17) is 0 Å². The van der Waals surface area contributed by atoms with Crippen molar-refractivity contribution in [3.8, 4) is 0 Å². The van der Waals surface area contributed by atoms with Gasteiger partial charge in [-0.3, -0.25) is 9.78 Å². The summed E-state index contributed by atoms with van der Waals surface area (Å²) in [5, 5.41) is 0. The van der Waals surface area contributed by atoms with E-state index in [9.17, 15) is 13.2 Å². The van der Waals surface area contributed by atoms with Gasteiger partial charge in [0.05, 0.1) is 11.5 Å². The minimum absolute atomic E-state index is 0.0220. The number of carbonyl (C=O) groups is 1. The van der Waals surface area contributed by atoms with Crippen LogP contribution in [-0.2, 0) is 9.84 Å². The number of nitrogens with zero attached hydrogens (tertiary/aromatic N) is 3. The van der Waals surface area contributed by atoms with Gasteiger partial charge in [-0.05, 0) is 31.4 Å². The van der Waals surface area contributed by atoms with Gasteiger partial charge in [-0.1, -0.05) is 12.8 Å². The molecular formula is C17H25N3O3S. The fraction of sp³-hybridized carbons (Fsp3) is 0.647. The Labute approximate surface area is 143 Å². The van der Waals surface area contributed by atoms with Gasteiger partial charge in [0.2, 0.25) is 0 Å². The molecule has 2 saturated heterocycles. The van der Waals surface area contributed by atoms with Gasteiger partial charge >= 0.3 is 0 Å². The highest BCUT2D eigenvalue weighted by Crippen LogP contribution is 2.23. The molecule has 0 aromatic carbocycles. The van der Waals surface area contributed by atoms with Crippen LogP contribution in [0.15, 0.2) is 18.3 Å². The monoisotopic (exact) mass is 351 g/mol. The Balaban J connectivity index is 1.75. The fourth-order valence-electron chi connectivity index (χ4n) is 3.48. The number of aromatic nitrogens is 1. The normalized spacial score (nSPS) is 23.7. The maximum absolute atomic E-state index is 12.7. The third kappa shape index (κ3) is 3.88. The molecule has 2 aliphatic heterocycles. The lowest BCUT2D eigenvalue weighted by Crippen LogP contribution is -2.34. The first-order valence-electron chi connectivity index (χ1n) is 8.65. The van der Waals surface area contributed by atoms with Crippen LogP contribution in [0.1, 0.15) is 42.6 Å². The van der Waals surface area contributed by atoms with Gasteiger partial charge in [0.15, 0.2) is 9.84 Å². The van der Waals surface area contributed by atoms with Crippen LogP contribution in [0.3, 0.4) is 0 Å². The molecule has 0 radical (unpaired) electrons. The van der Waals surface area contributed by atoms with E-state index >= 15 is 0 Å². The summed E-state index contributed by atoms with van der Waals surface area (Å²) >= 11 is 0. The number of anilines is 1. The second-order valence-corrected chi connectivity index (χ2v) is 9.00. The smallest absolute Gasteiger partial charge is 0.272 e. The lowest BCUT2D eigenvalue weighted by molar-refractivity contribution is 0.0756. The Morgan fingerprint density at radius 1 is 1.25 bits per heavy atom. The summed E-state index contributed by atoms with van der Waals surface area (Å²) in [6, 6.07) is 3.60. The highest BCUT2D eigenvalue weighted by atomic mass is 32.2. The van der Waals surface area contributed by atoms with Crippen LogP contribution >= 0.6 is 0 Å². The second-order valence-electron chi connectivity index (χ2n) is 6.77.